The van der Waals surface area contributed by atoms with Gasteiger partial charge in [-0.2, -0.15) is 5.10 Å². The van der Waals surface area contributed by atoms with Crippen molar-refractivity contribution in [2.45, 2.75) is 26.8 Å². The molecule has 3 N–H and O–H groups in total. The minimum Gasteiger partial charge on any atom is -0.496 e. The van der Waals surface area contributed by atoms with Gasteiger partial charge in [0.05, 0.1) is 28.7 Å². The first-order chi connectivity index (χ1) is 11.3. The lowest BCUT2D eigenvalue weighted by Gasteiger charge is -2.13. The van der Waals surface area contributed by atoms with Crippen LogP contribution in [0.5, 0.6) is 5.75 Å². The normalized spacial score (nSPS) is 12.1. The summed E-state index contributed by atoms with van der Waals surface area (Å²) in [5, 5.41) is 9.26. The summed E-state index contributed by atoms with van der Waals surface area (Å²) in [6, 6.07) is 6.12. The topological polar surface area (TPSA) is 72.8 Å². The highest BCUT2D eigenvalue weighted by atomic mass is 79.9. The molecule has 0 aliphatic rings. The van der Waals surface area contributed by atoms with E-state index in [4.69, 9.17) is 4.74 Å². The highest BCUT2D eigenvalue weighted by Crippen LogP contribution is 2.27. The molecule has 0 saturated heterocycles. The zero-order valence-corrected chi connectivity index (χ0v) is 16.3. The third kappa shape index (κ3) is 4.15. The van der Waals surface area contributed by atoms with Crippen LogP contribution in [0.2, 0.25) is 0 Å². The van der Waals surface area contributed by atoms with Gasteiger partial charge >= 0.3 is 0 Å². The maximum absolute atomic E-state index is 12.2. The van der Waals surface area contributed by atoms with Gasteiger partial charge in [-0.3, -0.25) is 9.48 Å². The van der Waals surface area contributed by atoms with Crippen LogP contribution in [0.25, 0.3) is 0 Å². The van der Waals surface area contributed by atoms with Gasteiger partial charge in [0.15, 0.2) is 6.54 Å². The smallest absolute Gasteiger partial charge is 0.279 e. The van der Waals surface area contributed by atoms with Crippen molar-refractivity contribution in [3.8, 4) is 5.75 Å². The Morgan fingerprint density at radius 2 is 2.17 bits per heavy atom. The number of anilines is 1. The molecule has 1 heterocycles. The van der Waals surface area contributed by atoms with Crippen LogP contribution >= 0.6 is 15.9 Å². The molecule has 0 radical (unpaired) electrons. The lowest BCUT2D eigenvalue weighted by Crippen LogP contribution is -2.86. The fourth-order valence-corrected chi connectivity index (χ4v) is 3.09. The number of ether oxygens (including phenoxy) is 1. The Bertz CT molecular complexity index is 742. The Morgan fingerprint density at radius 3 is 2.71 bits per heavy atom. The maximum Gasteiger partial charge on any atom is 0.279 e. The average Bonchev–Trinajstić information content (AvgIpc) is 2.78. The highest BCUT2D eigenvalue weighted by Gasteiger charge is 2.16. The molecule has 0 spiro atoms. The number of nitrogens with one attached hydrogen (secondary N) is 1. The Labute approximate surface area is 150 Å². The van der Waals surface area contributed by atoms with Crippen molar-refractivity contribution in [2.75, 3.05) is 19.0 Å². The Morgan fingerprint density at radius 1 is 1.46 bits per heavy atom. The third-order valence-electron chi connectivity index (χ3n) is 4.13. The number of nitrogens with zero attached hydrogens (tertiary/aromatic N) is 2. The summed E-state index contributed by atoms with van der Waals surface area (Å²) in [6.45, 7) is 6.25. The van der Waals surface area contributed by atoms with Crippen LogP contribution in [0.1, 0.15) is 29.9 Å². The molecule has 6 nitrogen and oxygen atoms in total. The zero-order valence-electron chi connectivity index (χ0n) is 14.7. The number of quaternary nitrogens is 1. The molecule has 7 heteroatoms. The van der Waals surface area contributed by atoms with E-state index in [1.165, 1.54) is 0 Å². The van der Waals surface area contributed by atoms with E-state index < -0.39 is 0 Å². The van der Waals surface area contributed by atoms with Crippen LogP contribution in [0.15, 0.2) is 22.7 Å². The van der Waals surface area contributed by atoms with E-state index in [1.807, 2.05) is 44.4 Å². The molecular formula is C17H24BrN4O2+. The van der Waals surface area contributed by atoms with Crippen LogP contribution in [0.3, 0.4) is 0 Å². The number of carbonyl (C=O) groups excluding carboxylic acids is 1. The largest absolute Gasteiger partial charge is 0.496 e. The van der Waals surface area contributed by atoms with E-state index in [-0.39, 0.29) is 11.9 Å². The first kappa shape index (κ1) is 18.5. The van der Waals surface area contributed by atoms with Crippen molar-refractivity contribution >= 4 is 27.5 Å². The number of rotatable bonds is 6. The monoisotopic (exact) mass is 395 g/mol. The van der Waals surface area contributed by atoms with E-state index in [2.05, 4.69) is 33.3 Å². The predicted molar refractivity (Wildman–Crippen MR) is 97.2 cm³/mol. The van der Waals surface area contributed by atoms with Crippen LogP contribution in [0.4, 0.5) is 5.69 Å². The number of hydrogen-bond acceptors (Lipinski definition) is 3. The van der Waals surface area contributed by atoms with Gasteiger partial charge in [-0.25, -0.2) is 0 Å². The molecular weight excluding hydrogens is 372 g/mol. The lowest BCUT2D eigenvalue weighted by molar-refractivity contribution is -0.682. The number of amides is 1. The predicted octanol–water partition coefficient (Wildman–Crippen LogP) is 2.07. The van der Waals surface area contributed by atoms with Gasteiger partial charge in [0.1, 0.15) is 11.8 Å². The van der Waals surface area contributed by atoms with E-state index >= 15 is 0 Å². The number of methoxy groups -OCH3 is 1. The molecule has 0 aliphatic heterocycles. The summed E-state index contributed by atoms with van der Waals surface area (Å²) in [4.78, 5) is 12.2. The third-order valence-corrected chi connectivity index (χ3v) is 4.75. The van der Waals surface area contributed by atoms with Gasteiger partial charge in [-0.05, 0) is 54.9 Å². The minimum atomic E-state index is -0.0337. The van der Waals surface area contributed by atoms with Crippen LogP contribution in [0, 0.1) is 13.8 Å². The van der Waals surface area contributed by atoms with E-state index in [0.717, 1.165) is 32.9 Å². The van der Waals surface area contributed by atoms with Crippen molar-refractivity contribution in [1.29, 1.82) is 0 Å². The van der Waals surface area contributed by atoms with Crippen molar-refractivity contribution in [3.63, 3.8) is 0 Å². The quantitative estimate of drug-likeness (QED) is 0.785. The first-order valence-corrected chi connectivity index (χ1v) is 8.59. The molecule has 1 aromatic carbocycles. The van der Waals surface area contributed by atoms with Crippen molar-refractivity contribution < 1.29 is 14.8 Å². The molecule has 1 aromatic heterocycles. The van der Waals surface area contributed by atoms with E-state index in [9.17, 15) is 4.79 Å². The fourth-order valence-electron chi connectivity index (χ4n) is 2.53. The second-order valence-electron chi connectivity index (χ2n) is 5.84. The van der Waals surface area contributed by atoms with Gasteiger partial charge in [0.2, 0.25) is 0 Å². The number of aryl methyl sites for hydroxylation is 2. The van der Waals surface area contributed by atoms with E-state index in [1.54, 1.807) is 11.8 Å². The number of nitrogens with two attached hydrogens (primary N) is 1. The molecule has 1 atom stereocenters. The van der Waals surface area contributed by atoms with Crippen molar-refractivity contribution in [2.24, 2.45) is 7.05 Å². The second kappa shape index (κ2) is 7.81. The molecule has 2 rings (SSSR count). The standard InChI is InChI=1S/C17H23BrN4O2/c1-10(13-6-7-15(24-5)14(18)8-13)19-9-16(23)20-17-11(2)21-22(4)12(17)3/h6-8,10,19H,9H2,1-5H3,(H,20,23)/p+1/t10-/m0/s1. The van der Waals surface area contributed by atoms with Gasteiger partial charge in [0.25, 0.3) is 5.91 Å². The number of carbonyl (C=O) groups is 1. The van der Waals surface area contributed by atoms with Crippen molar-refractivity contribution in [1.82, 2.24) is 9.78 Å². The number of halogens is 1. The number of aromatic nitrogens is 2. The molecule has 0 unspecified atom stereocenters. The second-order valence-corrected chi connectivity index (χ2v) is 6.69. The van der Waals surface area contributed by atoms with Gasteiger partial charge in [-0.1, -0.05) is 0 Å². The van der Waals surface area contributed by atoms with Crippen molar-refractivity contribution in [3.05, 3.63) is 39.6 Å². The SMILES string of the molecule is COc1ccc([C@H](C)[NH2+]CC(=O)Nc2c(C)nn(C)c2C)cc1Br. The van der Waals surface area contributed by atoms with Crippen LogP contribution in [-0.4, -0.2) is 29.3 Å². The molecule has 1 amide bonds. The lowest BCUT2D eigenvalue weighted by atomic mass is 10.1. The Balaban J connectivity index is 1.95. The van der Waals surface area contributed by atoms with E-state index in [0.29, 0.717) is 6.54 Å². The molecule has 130 valence electrons. The average molecular weight is 396 g/mol. The number of hydrogen-bond donors (Lipinski definition) is 2. The summed E-state index contributed by atoms with van der Waals surface area (Å²) < 4.78 is 7.92. The summed E-state index contributed by atoms with van der Waals surface area (Å²) >= 11 is 3.49. The summed E-state index contributed by atoms with van der Waals surface area (Å²) in [7, 11) is 3.51. The van der Waals surface area contributed by atoms with Gasteiger partial charge < -0.3 is 15.4 Å². The Hall–Kier alpha value is -1.86. The van der Waals surface area contributed by atoms with Crippen LogP contribution in [-0.2, 0) is 11.8 Å². The summed E-state index contributed by atoms with van der Waals surface area (Å²) in [6.07, 6.45) is 0. The number of benzene rings is 1. The molecule has 0 fully saturated rings. The van der Waals surface area contributed by atoms with Gasteiger partial charge in [-0.15, -0.1) is 0 Å². The Kier molecular flexibility index (Phi) is 6.01. The molecule has 0 bridgehead atoms. The molecule has 0 saturated carbocycles. The first-order valence-electron chi connectivity index (χ1n) is 7.80. The molecule has 2 aromatic rings. The molecule has 0 aliphatic carbocycles. The summed E-state index contributed by atoms with van der Waals surface area (Å²) in [5.41, 5.74) is 3.71. The minimum absolute atomic E-state index is 0.0337. The maximum atomic E-state index is 12.2. The summed E-state index contributed by atoms with van der Waals surface area (Å²) in [5.74, 6) is 0.764. The molecule has 24 heavy (non-hydrogen) atoms. The zero-order chi connectivity index (χ0) is 17.9. The van der Waals surface area contributed by atoms with Gasteiger partial charge in [0, 0.05) is 12.6 Å². The van der Waals surface area contributed by atoms with Crippen LogP contribution < -0.4 is 15.4 Å². The fraction of sp³-hybridized carbons (Fsp3) is 0.412. The highest BCUT2D eigenvalue weighted by molar-refractivity contribution is 9.10.